The summed E-state index contributed by atoms with van der Waals surface area (Å²) in [7, 11) is 1.90. The maximum atomic E-state index is 10.7. The second kappa shape index (κ2) is 8.43. The van der Waals surface area contributed by atoms with Crippen molar-refractivity contribution in [1.82, 2.24) is 5.32 Å². The molecule has 0 aromatic heterocycles. The van der Waals surface area contributed by atoms with Gasteiger partial charge in [0.15, 0.2) is 0 Å². The van der Waals surface area contributed by atoms with Gasteiger partial charge in [0, 0.05) is 19.6 Å². The molecule has 0 fully saturated rings. The van der Waals surface area contributed by atoms with Crippen molar-refractivity contribution >= 4 is 11.7 Å². The third kappa shape index (κ3) is 4.74. The maximum absolute atomic E-state index is 10.7. The van der Waals surface area contributed by atoms with Gasteiger partial charge in [0.1, 0.15) is 5.75 Å². The Kier molecular flexibility index (Phi) is 6.87. The van der Waals surface area contributed by atoms with Gasteiger partial charge in [0.05, 0.1) is 18.7 Å². The number of hydrogen-bond donors (Lipinski definition) is 2. The zero-order valence-corrected chi connectivity index (χ0v) is 12.5. The van der Waals surface area contributed by atoms with Crippen molar-refractivity contribution in [3.8, 4) is 5.75 Å². The summed E-state index contributed by atoms with van der Waals surface area (Å²) in [6.07, 6.45) is 0.123. The summed E-state index contributed by atoms with van der Waals surface area (Å²) >= 11 is 0. The van der Waals surface area contributed by atoms with E-state index in [1.807, 2.05) is 44.0 Å². The number of hydrogen-bond acceptors (Lipinski definition) is 4. The predicted octanol–water partition coefficient (Wildman–Crippen LogP) is 2.11. The first-order valence-corrected chi connectivity index (χ1v) is 6.99. The highest BCUT2D eigenvalue weighted by molar-refractivity contribution is 5.68. The van der Waals surface area contributed by atoms with Crippen LogP contribution in [0.5, 0.6) is 5.75 Å². The standard InChI is InChI=1S/C15H24N2O3/c1-4-17(9-8-15(18)19)13-7-6-12(11-16-3)10-14(13)20-5-2/h6-7,10,16H,4-5,8-9,11H2,1-3H3,(H,18,19). The molecule has 0 bridgehead atoms. The summed E-state index contributed by atoms with van der Waals surface area (Å²) in [5.74, 6) is 0.0284. The van der Waals surface area contributed by atoms with Crippen LogP contribution in [-0.2, 0) is 11.3 Å². The fraction of sp³-hybridized carbons (Fsp3) is 0.533. The summed E-state index contributed by atoms with van der Waals surface area (Å²) in [5.41, 5.74) is 2.10. The minimum atomic E-state index is -0.784. The van der Waals surface area contributed by atoms with Gasteiger partial charge in [0.25, 0.3) is 0 Å². The first-order valence-electron chi connectivity index (χ1n) is 6.99. The number of benzene rings is 1. The molecule has 0 saturated carbocycles. The Balaban J connectivity index is 2.96. The molecule has 0 saturated heterocycles. The Hall–Kier alpha value is -1.75. The molecular weight excluding hydrogens is 256 g/mol. The van der Waals surface area contributed by atoms with E-state index in [1.54, 1.807) is 0 Å². The van der Waals surface area contributed by atoms with Crippen molar-refractivity contribution in [2.45, 2.75) is 26.8 Å². The van der Waals surface area contributed by atoms with Crippen LogP contribution >= 0.6 is 0 Å². The number of nitrogens with zero attached hydrogens (tertiary/aromatic N) is 1. The van der Waals surface area contributed by atoms with E-state index in [9.17, 15) is 4.79 Å². The van der Waals surface area contributed by atoms with Crippen LogP contribution in [0.2, 0.25) is 0 Å². The van der Waals surface area contributed by atoms with Crippen molar-refractivity contribution in [1.29, 1.82) is 0 Å². The van der Waals surface area contributed by atoms with E-state index in [2.05, 4.69) is 5.32 Å². The van der Waals surface area contributed by atoms with E-state index in [4.69, 9.17) is 9.84 Å². The summed E-state index contributed by atoms with van der Waals surface area (Å²) in [5, 5.41) is 11.9. The summed E-state index contributed by atoms with van der Waals surface area (Å²) in [4.78, 5) is 12.8. The smallest absolute Gasteiger partial charge is 0.305 e. The molecular formula is C15H24N2O3. The maximum Gasteiger partial charge on any atom is 0.305 e. The Labute approximate surface area is 120 Å². The number of carbonyl (C=O) groups is 1. The van der Waals surface area contributed by atoms with E-state index in [0.717, 1.165) is 30.1 Å². The Morgan fingerprint density at radius 3 is 2.70 bits per heavy atom. The second-order valence-electron chi connectivity index (χ2n) is 4.49. The molecule has 0 aliphatic heterocycles. The van der Waals surface area contributed by atoms with Crippen molar-refractivity contribution in [2.24, 2.45) is 0 Å². The van der Waals surface area contributed by atoms with Crippen LogP contribution in [-0.4, -0.2) is 37.8 Å². The first kappa shape index (κ1) is 16.3. The van der Waals surface area contributed by atoms with Crippen LogP contribution in [0.3, 0.4) is 0 Å². The topological polar surface area (TPSA) is 61.8 Å². The normalized spacial score (nSPS) is 10.3. The summed E-state index contributed by atoms with van der Waals surface area (Å²) in [6, 6.07) is 6.06. The van der Waals surface area contributed by atoms with Crippen LogP contribution in [0.1, 0.15) is 25.8 Å². The van der Waals surface area contributed by atoms with E-state index in [0.29, 0.717) is 13.2 Å². The molecule has 0 aliphatic carbocycles. The fourth-order valence-electron chi connectivity index (χ4n) is 2.08. The molecule has 0 aliphatic rings. The van der Waals surface area contributed by atoms with Crippen molar-refractivity contribution in [3.63, 3.8) is 0 Å². The molecule has 2 N–H and O–H groups in total. The minimum absolute atomic E-state index is 0.123. The van der Waals surface area contributed by atoms with Crippen molar-refractivity contribution in [3.05, 3.63) is 23.8 Å². The van der Waals surface area contributed by atoms with Gasteiger partial charge in [-0.15, -0.1) is 0 Å². The van der Waals surface area contributed by atoms with Crippen LogP contribution in [0.4, 0.5) is 5.69 Å². The molecule has 0 amide bonds. The number of ether oxygens (including phenoxy) is 1. The molecule has 0 heterocycles. The highest BCUT2D eigenvalue weighted by atomic mass is 16.5. The van der Waals surface area contributed by atoms with Gasteiger partial charge in [-0.3, -0.25) is 4.79 Å². The molecule has 0 radical (unpaired) electrons. The Morgan fingerprint density at radius 2 is 2.15 bits per heavy atom. The lowest BCUT2D eigenvalue weighted by Gasteiger charge is -2.25. The molecule has 0 atom stereocenters. The highest BCUT2D eigenvalue weighted by Gasteiger charge is 2.13. The van der Waals surface area contributed by atoms with Crippen LogP contribution in [0.25, 0.3) is 0 Å². The zero-order chi connectivity index (χ0) is 15.0. The average molecular weight is 280 g/mol. The molecule has 0 spiro atoms. The summed E-state index contributed by atoms with van der Waals surface area (Å²) in [6.45, 7) is 6.56. The van der Waals surface area contributed by atoms with Gasteiger partial charge in [-0.25, -0.2) is 0 Å². The van der Waals surface area contributed by atoms with E-state index in [-0.39, 0.29) is 6.42 Å². The van der Waals surface area contributed by atoms with E-state index in [1.165, 1.54) is 0 Å². The monoisotopic (exact) mass is 280 g/mol. The third-order valence-corrected chi connectivity index (χ3v) is 3.02. The van der Waals surface area contributed by atoms with E-state index >= 15 is 0 Å². The molecule has 0 unspecified atom stereocenters. The number of aliphatic carboxylic acids is 1. The van der Waals surface area contributed by atoms with Crippen LogP contribution < -0.4 is 15.0 Å². The SMILES string of the molecule is CCOc1cc(CNC)ccc1N(CC)CCC(=O)O. The molecule has 5 nitrogen and oxygen atoms in total. The Bertz CT molecular complexity index is 435. The molecule has 112 valence electrons. The zero-order valence-electron chi connectivity index (χ0n) is 12.5. The number of carboxylic acid groups (broad SMARTS) is 1. The Morgan fingerprint density at radius 1 is 1.40 bits per heavy atom. The second-order valence-corrected chi connectivity index (χ2v) is 4.49. The van der Waals surface area contributed by atoms with Crippen molar-refractivity contribution < 1.29 is 14.6 Å². The quantitative estimate of drug-likeness (QED) is 0.725. The lowest BCUT2D eigenvalue weighted by Crippen LogP contribution is -2.26. The van der Waals surface area contributed by atoms with Crippen molar-refractivity contribution in [2.75, 3.05) is 31.6 Å². The number of nitrogens with one attached hydrogen (secondary N) is 1. The summed E-state index contributed by atoms with van der Waals surface area (Å²) < 4.78 is 5.70. The van der Waals surface area contributed by atoms with Gasteiger partial charge in [-0.2, -0.15) is 0 Å². The predicted molar refractivity (Wildman–Crippen MR) is 80.5 cm³/mol. The van der Waals surface area contributed by atoms with Gasteiger partial charge >= 0.3 is 5.97 Å². The number of anilines is 1. The van der Waals surface area contributed by atoms with Gasteiger partial charge < -0.3 is 20.1 Å². The van der Waals surface area contributed by atoms with Gasteiger partial charge in [-0.1, -0.05) is 6.07 Å². The fourth-order valence-corrected chi connectivity index (χ4v) is 2.08. The lowest BCUT2D eigenvalue weighted by atomic mass is 10.1. The van der Waals surface area contributed by atoms with Crippen LogP contribution in [0, 0.1) is 0 Å². The largest absolute Gasteiger partial charge is 0.492 e. The molecule has 1 aromatic rings. The molecule has 1 rings (SSSR count). The lowest BCUT2D eigenvalue weighted by molar-refractivity contribution is -0.136. The molecule has 20 heavy (non-hydrogen) atoms. The molecule has 5 heteroatoms. The number of rotatable bonds is 9. The number of carboxylic acids is 1. The van der Waals surface area contributed by atoms with E-state index < -0.39 is 5.97 Å². The third-order valence-electron chi connectivity index (χ3n) is 3.02. The van der Waals surface area contributed by atoms with Gasteiger partial charge in [-0.05, 0) is 38.6 Å². The highest BCUT2D eigenvalue weighted by Crippen LogP contribution is 2.30. The minimum Gasteiger partial charge on any atom is -0.492 e. The van der Waals surface area contributed by atoms with Crippen LogP contribution in [0.15, 0.2) is 18.2 Å². The molecule has 1 aromatic carbocycles. The first-order chi connectivity index (χ1) is 9.62. The average Bonchev–Trinajstić information content (AvgIpc) is 2.41. The van der Waals surface area contributed by atoms with Gasteiger partial charge in [0.2, 0.25) is 0 Å².